The first-order valence-electron chi connectivity index (χ1n) is 32.1. The number of para-hydroxylation sites is 2. The minimum absolute atomic E-state index is 0.105. The molecule has 0 aliphatic carbocycles. The van der Waals surface area contributed by atoms with Crippen LogP contribution in [0.2, 0.25) is 0 Å². The van der Waals surface area contributed by atoms with Crippen molar-refractivity contribution in [2.24, 2.45) is 0 Å². The highest BCUT2D eigenvalue weighted by atomic mass is 16.5. The van der Waals surface area contributed by atoms with E-state index in [1.807, 2.05) is 206 Å². The molecule has 4 aliphatic heterocycles. The molecule has 456 valence electrons. The number of hydrogen-bond acceptors (Lipinski definition) is 10. The number of carbonyl (C=O) groups excluding carboxylic acids is 4. The van der Waals surface area contributed by atoms with Gasteiger partial charge < -0.3 is 37.7 Å². The third-order valence-electron chi connectivity index (χ3n) is 19.2. The topological polar surface area (TPSA) is 122 Å². The lowest BCUT2D eigenvalue weighted by atomic mass is 9.45. The van der Waals surface area contributed by atoms with E-state index in [2.05, 4.69) is 91.6 Å². The summed E-state index contributed by atoms with van der Waals surface area (Å²) in [4.78, 5) is 61.0. The second-order valence-electron chi connectivity index (χ2n) is 24.7. The third kappa shape index (κ3) is 9.08. The molecule has 12 aromatic carbocycles. The van der Waals surface area contributed by atoms with Gasteiger partial charge in [-0.2, -0.15) is 0 Å². The molecule has 96 heavy (non-hydrogen) atoms. The van der Waals surface area contributed by atoms with Crippen molar-refractivity contribution in [3.63, 3.8) is 0 Å². The molecule has 18 rings (SSSR count). The summed E-state index contributed by atoms with van der Waals surface area (Å²) >= 11 is 0. The summed E-state index contributed by atoms with van der Waals surface area (Å²) in [6.45, 7) is -0.450. The lowest BCUT2D eigenvalue weighted by molar-refractivity contribution is 0.0464. The molecule has 14 aromatic rings. The van der Waals surface area contributed by atoms with E-state index in [4.69, 9.17) is 18.9 Å². The first-order chi connectivity index (χ1) is 47.3. The smallest absolute Gasteiger partial charge is 0.338 e. The molecular weight excluding hydrogens is 1190 g/mol. The lowest BCUT2D eigenvalue weighted by Gasteiger charge is -2.40. The van der Waals surface area contributed by atoms with Gasteiger partial charge in [0.2, 0.25) is 0 Å². The molecule has 4 aliphatic rings. The molecule has 14 heteroatoms. The van der Waals surface area contributed by atoms with Crippen molar-refractivity contribution >= 4 is 126 Å². The molecular formula is C82H54B2N4O8. The molecule has 12 nitrogen and oxygen atoms in total. The van der Waals surface area contributed by atoms with Crippen LogP contribution in [0.1, 0.15) is 63.7 Å². The number of esters is 4. The zero-order chi connectivity index (χ0) is 64.1. The van der Waals surface area contributed by atoms with Crippen molar-refractivity contribution < 1.29 is 38.1 Å². The predicted molar refractivity (Wildman–Crippen MR) is 378 cm³/mol. The van der Waals surface area contributed by atoms with Crippen LogP contribution in [0.25, 0.3) is 55.1 Å². The van der Waals surface area contributed by atoms with Gasteiger partial charge in [0.25, 0.3) is 0 Å². The van der Waals surface area contributed by atoms with Crippen LogP contribution in [0, 0.1) is 0 Å². The number of benzene rings is 12. The zero-order valence-electron chi connectivity index (χ0n) is 51.6. The predicted octanol–water partition coefficient (Wildman–Crippen LogP) is 15.0. The van der Waals surface area contributed by atoms with Crippen LogP contribution < -0.4 is 31.7 Å². The van der Waals surface area contributed by atoms with E-state index in [9.17, 15) is 19.2 Å². The number of anilines is 6. The second kappa shape index (κ2) is 22.7. The van der Waals surface area contributed by atoms with Crippen molar-refractivity contribution in [1.82, 2.24) is 8.96 Å². The van der Waals surface area contributed by atoms with Gasteiger partial charge in [-0.05, 0) is 152 Å². The number of carbonyl (C=O) groups is 4. The minimum atomic E-state index is -0.480. The summed E-state index contributed by atoms with van der Waals surface area (Å²) in [5.41, 5.74) is 22.6. The van der Waals surface area contributed by atoms with E-state index in [1.54, 1.807) is 0 Å². The first kappa shape index (κ1) is 56.4. The highest BCUT2D eigenvalue weighted by molar-refractivity contribution is 6.92. The minimum Gasteiger partial charge on any atom is -0.457 e. The van der Waals surface area contributed by atoms with Crippen molar-refractivity contribution in [3.8, 4) is 22.3 Å². The fourth-order valence-corrected chi connectivity index (χ4v) is 15.0. The number of fused-ring (bicyclic) bond motifs is 13. The molecule has 0 saturated carbocycles. The fourth-order valence-electron chi connectivity index (χ4n) is 15.0. The van der Waals surface area contributed by atoms with Gasteiger partial charge in [0.1, 0.15) is 26.4 Å². The lowest BCUT2D eigenvalue weighted by Crippen LogP contribution is -2.57. The fraction of sp³-hybridized carbons (Fsp3) is 0.0488. The molecule has 0 unspecified atom stereocenters. The van der Waals surface area contributed by atoms with Crippen LogP contribution in [-0.4, -0.2) is 46.5 Å². The van der Waals surface area contributed by atoms with Gasteiger partial charge >= 0.3 is 37.6 Å². The van der Waals surface area contributed by atoms with Crippen LogP contribution in [-0.2, 0) is 45.4 Å². The maximum atomic E-state index is 14.6. The van der Waals surface area contributed by atoms with Gasteiger partial charge in [-0.1, -0.05) is 182 Å². The molecule has 0 spiro atoms. The van der Waals surface area contributed by atoms with Crippen LogP contribution in [0.5, 0.6) is 0 Å². The van der Waals surface area contributed by atoms with Crippen molar-refractivity contribution in [2.45, 2.75) is 26.4 Å². The van der Waals surface area contributed by atoms with Gasteiger partial charge in [0.05, 0.1) is 33.3 Å². The molecule has 2 aromatic heterocycles. The third-order valence-corrected chi connectivity index (χ3v) is 19.2. The van der Waals surface area contributed by atoms with E-state index >= 15 is 0 Å². The summed E-state index contributed by atoms with van der Waals surface area (Å²) in [5, 5.41) is 2.08. The molecule has 0 radical (unpaired) electrons. The Morgan fingerprint density at radius 1 is 0.281 bits per heavy atom. The highest BCUT2D eigenvalue weighted by Gasteiger charge is 2.48. The highest BCUT2D eigenvalue weighted by Crippen LogP contribution is 2.51. The maximum absolute atomic E-state index is 14.6. The molecule has 0 saturated heterocycles. The number of hydrogen-bond donors (Lipinski definition) is 0. The van der Waals surface area contributed by atoms with Crippen molar-refractivity contribution in [3.05, 3.63) is 324 Å². The SMILES string of the molecule is O=C(OCc1ccccc1)c1ccc(N2c3ccc(C(=O)OCc4ccccc4)cc3B3c4c(cccc42)-c2cccc4c2n3c2c3cccc5c3n(c42)B2c3cc(C(=O)OCc4ccccc4)ccc3N(c3ccc(C(=O)OCc4ccccc4)cc3)c3cccc-5c32)cc1. The average Bonchev–Trinajstić information content (AvgIpc) is 1.49. The van der Waals surface area contributed by atoms with Crippen molar-refractivity contribution in [1.29, 1.82) is 0 Å². The molecule has 6 heterocycles. The standard InChI is InChI=1S/C82H54B2N4O8/c89-79(93-47-51-17-5-1-6-18-51)55-33-39-59(40-34-55)85-69-43-37-57(81(91)95-49-53-21-9-3-10-22-53)45-67(69)83-73-61(25-15-31-71(73)85)63-27-13-29-65-75(63)87(83)77-66-30-14-28-64-62-26-16-32-72-74(62)84(88(76(64)66)78(65)77)68-46-58(82(92)96-50-54-23-11-4-12-24-54)38-44-70(68)86(72)60-41-35-56(36-42-60)80(90)94-48-52-19-7-2-8-20-52/h1-46H,47-50H2. The van der Waals surface area contributed by atoms with Gasteiger partial charge in [-0.25, -0.2) is 19.2 Å². The first-order valence-corrected chi connectivity index (χ1v) is 32.1. The molecule has 0 fully saturated rings. The molecule has 0 bridgehead atoms. The Balaban J connectivity index is 0.821. The Bertz CT molecular complexity index is 5180. The summed E-state index contributed by atoms with van der Waals surface area (Å²) in [5.74, 6) is -1.75. The Hall–Kier alpha value is -12.4. The Morgan fingerprint density at radius 2 is 0.594 bits per heavy atom. The van der Waals surface area contributed by atoms with E-state index in [0.29, 0.717) is 22.3 Å². The Morgan fingerprint density at radius 3 is 0.948 bits per heavy atom. The number of nitrogens with zero attached hydrogens (tertiary/aromatic N) is 4. The number of ether oxygens (including phenoxy) is 4. The van der Waals surface area contributed by atoms with E-state index in [0.717, 1.165) is 133 Å². The van der Waals surface area contributed by atoms with Crippen LogP contribution in [0.15, 0.2) is 279 Å². The van der Waals surface area contributed by atoms with E-state index < -0.39 is 37.6 Å². The van der Waals surface area contributed by atoms with E-state index in [-0.39, 0.29) is 26.4 Å². The Labute approximate surface area is 552 Å². The molecule has 0 atom stereocenters. The van der Waals surface area contributed by atoms with Crippen molar-refractivity contribution in [2.75, 3.05) is 9.80 Å². The normalized spacial score (nSPS) is 12.6. The van der Waals surface area contributed by atoms with Gasteiger partial charge in [0, 0.05) is 67.1 Å². The van der Waals surface area contributed by atoms with Crippen LogP contribution in [0.3, 0.4) is 0 Å². The van der Waals surface area contributed by atoms with Crippen LogP contribution in [0.4, 0.5) is 34.1 Å². The zero-order valence-corrected chi connectivity index (χ0v) is 51.6. The largest absolute Gasteiger partial charge is 0.457 e. The average molecular weight is 1240 g/mol. The summed E-state index contributed by atoms with van der Waals surface area (Å²) in [6.07, 6.45) is 0. The van der Waals surface area contributed by atoms with Gasteiger partial charge in [-0.15, -0.1) is 0 Å². The Kier molecular flexibility index (Phi) is 13.3. The quantitative estimate of drug-likeness (QED) is 0.0591. The summed E-state index contributed by atoms with van der Waals surface area (Å²) < 4.78 is 28.9. The monoisotopic (exact) mass is 1240 g/mol. The second-order valence-corrected chi connectivity index (χ2v) is 24.7. The summed E-state index contributed by atoms with van der Waals surface area (Å²) in [7, 11) is 0. The molecule has 0 amide bonds. The summed E-state index contributed by atoms with van der Waals surface area (Å²) in [6, 6.07) is 91.7. The van der Waals surface area contributed by atoms with E-state index in [1.165, 1.54) is 0 Å². The number of rotatable bonds is 14. The maximum Gasteiger partial charge on any atom is 0.338 e. The molecule has 0 N–H and O–H groups in total. The van der Waals surface area contributed by atoms with Gasteiger partial charge in [0.15, 0.2) is 0 Å². The van der Waals surface area contributed by atoms with Crippen LogP contribution >= 0.6 is 0 Å². The number of aromatic nitrogens is 2. The van der Waals surface area contributed by atoms with Gasteiger partial charge in [-0.3, -0.25) is 0 Å².